The number of hydrogen-bond donors (Lipinski definition) is 0. The van der Waals surface area contributed by atoms with Gasteiger partial charge in [-0.1, -0.05) is 76.8 Å². The van der Waals surface area contributed by atoms with Gasteiger partial charge in [0.25, 0.3) is 0 Å². The Morgan fingerprint density at radius 1 is 0.600 bits per heavy atom. The van der Waals surface area contributed by atoms with Gasteiger partial charge in [0.05, 0.1) is 0 Å². The molecule has 106 valence electrons. The van der Waals surface area contributed by atoms with Crippen LogP contribution >= 0.6 is 17.2 Å². The third-order valence-corrected chi connectivity index (χ3v) is 6.06. The predicted octanol–water partition coefficient (Wildman–Crippen LogP) is 4.39. The molecule has 0 radical (unpaired) electrons. The van der Waals surface area contributed by atoms with Gasteiger partial charge >= 0.3 is 0 Å². The standard InChI is InChI=1S/C18H24P2/c1-15-5-9-17(10-6-15)19-13-3-4-14-20-18-11-7-16(2)8-12-18/h5-12,19-20H,3-4,13-14H2,1-2H3. The van der Waals surface area contributed by atoms with Crippen molar-refractivity contribution in [1.82, 2.24) is 0 Å². The molecular formula is C18H24P2. The van der Waals surface area contributed by atoms with Crippen LogP contribution in [0.2, 0.25) is 0 Å². The van der Waals surface area contributed by atoms with Crippen LogP contribution in [0.4, 0.5) is 0 Å². The second-order valence-corrected chi connectivity index (χ2v) is 8.15. The van der Waals surface area contributed by atoms with Crippen LogP contribution in [0.5, 0.6) is 0 Å². The normalized spacial score (nSPS) is 11.9. The lowest BCUT2D eigenvalue weighted by Gasteiger charge is -2.04. The lowest BCUT2D eigenvalue weighted by molar-refractivity contribution is 0.905. The van der Waals surface area contributed by atoms with E-state index in [1.807, 2.05) is 0 Å². The Morgan fingerprint density at radius 3 is 1.30 bits per heavy atom. The summed E-state index contributed by atoms with van der Waals surface area (Å²) >= 11 is 0. The van der Waals surface area contributed by atoms with Crippen LogP contribution in [-0.2, 0) is 0 Å². The molecule has 2 aromatic carbocycles. The zero-order chi connectivity index (χ0) is 14.2. The van der Waals surface area contributed by atoms with Crippen LogP contribution in [-0.4, -0.2) is 12.3 Å². The van der Waals surface area contributed by atoms with E-state index in [1.54, 1.807) is 0 Å². The summed E-state index contributed by atoms with van der Waals surface area (Å²) in [6.07, 6.45) is 5.43. The molecule has 0 bridgehead atoms. The lowest BCUT2D eigenvalue weighted by Crippen LogP contribution is -1.97. The highest BCUT2D eigenvalue weighted by molar-refractivity contribution is 7.47. The van der Waals surface area contributed by atoms with Crippen molar-refractivity contribution < 1.29 is 0 Å². The average molecular weight is 302 g/mol. The van der Waals surface area contributed by atoms with Crippen LogP contribution in [0.3, 0.4) is 0 Å². The van der Waals surface area contributed by atoms with E-state index in [-0.39, 0.29) is 0 Å². The maximum absolute atomic E-state index is 2.28. The summed E-state index contributed by atoms with van der Waals surface area (Å²) in [5, 5.41) is 3.02. The first-order chi connectivity index (χ1) is 9.74. The van der Waals surface area contributed by atoms with Crippen molar-refractivity contribution in [2.45, 2.75) is 26.7 Å². The van der Waals surface area contributed by atoms with Crippen molar-refractivity contribution in [3.63, 3.8) is 0 Å². The number of unbranched alkanes of at least 4 members (excludes halogenated alkanes) is 1. The smallest absolute Gasteiger partial charge is 0.0271 e. The fourth-order valence-electron chi connectivity index (χ4n) is 2.06. The molecule has 0 saturated carbocycles. The van der Waals surface area contributed by atoms with Gasteiger partial charge in [0.2, 0.25) is 0 Å². The van der Waals surface area contributed by atoms with Crippen LogP contribution in [0.25, 0.3) is 0 Å². The highest BCUT2D eigenvalue weighted by atomic mass is 31.1. The quantitative estimate of drug-likeness (QED) is 0.525. The van der Waals surface area contributed by atoms with Crippen LogP contribution in [0.1, 0.15) is 24.0 Å². The SMILES string of the molecule is Cc1ccc(PCCCCPc2ccc(C)cc2)cc1. The molecular weight excluding hydrogens is 278 g/mol. The Bertz CT molecular complexity index is 450. The van der Waals surface area contributed by atoms with Crippen molar-refractivity contribution in [2.75, 3.05) is 12.3 Å². The fraction of sp³-hybridized carbons (Fsp3) is 0.333. The maximum atomic E-state index is 2.28. The lowest BCUT2D eigenvalue weighted by atomic mass is 10.2. The Labute approximate surface area is 127 Å². The first kappa shape index (κ1) is 15.7. The number of rotatable bonds is 7. The van der Waals surface area contributed by atoms with Crippen molar-refractivity contribution in [3.05, 3.63) is 59.7 Å². The highest BCUT2D eigenvalue weighted by Gasteiger charge is 1.95. The molecule has 0 aliphatic rings. The van der Waals surface area contributed by atoms with Gasteiger partial charge in [0.15, 0.2) is 0 Å². The minimum absolute atomic E-state index is 0.980. The van der Waals surface area contributed by atoms with E-state index in [4.69, 9.17) is 0 Å². The first-order valence-electron chi connectivity index (χ1n) is 7.35. The summed E-state index contributed by atoms with van der Waals surface area (Å²) in [5.74, 6) is 0. The van der Waals surface area contributed by atoms with Crippen molar-refractivity contribution >= 4 is 27.8 Å². The molecule has 20 heavy (non-hydrogen) atoms. The van der Waals surface area contributed by atoms with E-state index in [0.29, 0.717) is 0 Å². The maximum Gasteiger partial charge on any atom is -0.0271 e. The molecule has 0 nitrogen and oxygen atoms in total. The minimum atomic E-state index is 0.980. The number of aryl methyl sites for hydroxylation is 2. The van der Waals surface area contributed by atoms with Crippen LogP contribution in [0.15, 0.2) is 48.5 Å². The highest BCUT2D eigenvalue weighted by Crippen LogP contribution is 2.17. The molecule has 2 heteroatoms. The zero-order valence-electron chi connectivity index (χ0n) is 12.4. The van der Waals surface area contributed by atoms with Gasteiger partial charge in [-0.3, -0.25) is 0 Å². The second kappa shape index (κ2) is 8.56. The second-order valence-electron chi connectivity index (χ2n) is 5.29. The summed E-state index contributed by atoms with van der Waals surface area (Å²) in [4.78, 5) is 0. The summed E-state index contributed by atoms with van der Waals surface area (Å²) in [6.45, 7) is 4.30. The van der Waals surface area contributed by atoms with Gasteiger partial charge in [-0.15, -0.1) is 0 Å². The average Bonchev–Trinajstić information content (AvgIpc) is 2.46. The Balaban J connectivity index is 1.57. The predicted molar refractivity (Wildman–Crippen MR) is 97.2 cm³/mol. The van der Waals surface area contributed by atoms with Crippen molar-refractivity contribution in [1.29, 1.82) is 0 Å². The van der Waals surface area contributed by atoms with Crippen LogP contribution < -0.4 is 10.6 Å². The van der Waals surface area contributed by atoms with E-state index < -0.39 is 0 Å². The van der Waals surface area contributed by atoms with E-state index in [2.05, 4.69) is 62.4 Å². The molecule has 2 atom stereocenters. The van der Waals surface area contributed by atoms with Gasteiger partial charge in [0, 0.05) is 0 Å². The molecule has 2 aromatic rings. The molecule has 2 rings (SSSR count). The molecule has 0 spiro atoms. The minimum Gasteiger partial charge on any atom is -0.0904 e. The zero-order valence-corrected chi connectivity index (χ0v) is 14.4. The summed E-state index contributed by atoms with van der Waals surface area (Å²) in [7, 11) is 1.96. The molecule has 0 amide bonds. The van der Waals surface area contributed by atoms with E-state index >= 15 is 0 Å². The first-order valence-corrected chi connectivity index (χ1v) is 9.76. The van der Waals surface area contributed by atoms with Crippen molar-refractivity contribution in [3.8, 4) is 0 Å². The molecule has 0 heterocycles. The molecule has 2 unspecified atom stereocenters. The third-order valence-electron chi connectivity index (χ3n) is 3.36. The van der Waals surface area contributed by atoms with Crippen LogP contribution in [0, 0.1) is 13.8 Å². The Hall–Kier alpha value is -0.700. The molecule has 0 aliphatic heterocycles. The topological polar surface area (TPSA) is 0 Å². The molecule has 0 aromatic heterocycles. The van der Waals surface area contributed by atoms with Gasteiger partial charge in [-0.2, -0.15) is 0 Å². The monoisotopic (exact) mass is 302 g/mol. The molecule has 0 saturated heterocycles. The molecule has 0 aliphatic carbocycles. The Morgan fingerprint density at radius 2 is 0.950 bits per heavy atom. The number of hydrogen-bond acceptors (Lipinski definition) is 0. The van der Waals surface area contributed by atoms with Gasteiger partial charge in [-0.25, -0.2) is 0 Å². The summed E-state index contributed by atoms with van der Waals surface area (Å²) in [5.41, 5.74) is 2.72. The molecule has 0 fully saturated rings. The van der Waals surface area contributed by atoms with E-state index in [9.17, 15) is 0 Å². The van der Waals surface area contributed by atoms with Gasteiger partial charge in [-0.05, 0) is 49.6 Å². The molecule has 0 N–H and O–H groups in total. The Kier molecular flexibility index (Phi) is 6.71. The summed E-state index contributed by atoms with van der Waals surface area (Å²) in [6, 6.07) is 18.0. The van der Waals surface area contributed by atoms with E-state index in [0.717, 1.165) is 17.2 Å². The van der Waals surface area contributed by atoms with Gasteiger partial charge in [0.1, 0.15) is 0 Å². The third kappa shape index (κ3) is 5.74. The number of benzene rings is 2. The summed E-state index contributed by atoms with van der Waals surface area (Å²) < 4.78 is 0. The van der Waals surface area contributed by atoms with E-state index in [1.165, 1.54) is 46.9 Å². The fourth-order valence-corrected chi connectivity index (χ4v) is 4.29. The largest absolute Gasteiger partial charge is 0.0904 e. The van der Waals surface area contributed by atoms with Crippen molar-refractivity contribution in [2.24, 2.45) is 0 Å². The van der Waals surface area contributed by atoms with Gasteiger partial charge < -0.3 is 0 Å².